The lowest BCUT2D eigenvalue weighted by molar-refractivity contribution is -0.153. The molecule has 0 unspecified atom stereocenters. The predicted octanol–water partition coefficient (Wildman–Crippen LogP) is 1.44. The molecule has 6 nitrogen and oxygen atoms in total. The van der Waals surface area contributed by atoms with Crippen molar-refractivity contribution in [3.63, 3.8) is 0 Å². The van der Waals surface area contributed by atoms with Gasteiger partial charge in [-0.3, -0.25) is 4.79 Å². The highest BCUT2D eigenvalue weighted by Crippen LogP contribution is 2.33. The molecular formula is C13H24N2O4. The molecular weight excluding hydrogens is 248 g/mol. The minimum Gasteiger partial charge on any atom is -0.481 e. The summed E-state index contributed by atoms with van der Waals surface area (Å²) < 4.78 is 5.28. The van der Waals surface area contributed by atoms with E-state index in [4.69, 9.17) is 10.5 Å². The quantitative estimate of drug-likeness (QED) is 0.793. The molecule has 2 atom stereocenters. The van der Waals surface area contributed by atoms with Crippen molar-refractivity contribution < 1.29 is 19.4 Å². The number of rotatable bonds is 2. The fourth-order valence-corrected chi connectivity index (χ4v) is 2.34. The number of carbonyl (C=O) groups is 2. The molecule has 1 amide bonds. The molecule has 1 aliphatic rings. The Bertz CT molecular complexity index is 364. The average molecular weight is 272 g/mol. The molecule has 0 radical (unpaired) electrons. The lowest BCUT2D eigenvalue weighted by Crippen LogP contribution is -2.60. The fourth-order valence-electron chi connectivity index (χ4n) is 2.34. The molecule has 0 aromatic carbocycles. The third-order valence-electron chi connectivity index (χ3n) is 3.60. The summed E-state index contributed by atoms with van der Waals surface area (Å²) in [6.07, 6.45) is 0.390. The van der Waals surface area contributed by atoms with Crippen LogP contribution in [0.25, 0.3) is 0 Å². The number of hydrogen-bond acceptors (Lipinski definition) is 4. The summed E-state index contributed by atoms with van der Waals surface area (Å²) in [4.78, 5) is 25.0. The third kappa shape index (κ3) is 3.37. The van der Waals surface area contributed by atoms with Crippen molar-refractivity contribution in [3.8, 4) is 0 Å². The summed E-state index contributed by atoms with van der Waals surface area (Å²) in [7, 11) is 0. The zero-order chi connectivity index (χ0) is 14.8. The molecule has 0 spiro atoms. The summed E-state index contributed by atoms with van der Waals surface area (Å²) in [5, 5.41) is 9.43. The minimum absolute atomic E-state index is 0.106. The highest BCUT2D eigenvalue weighted by atomic mass is 16.6. The van der Waals surface area contributed by atoms with Crippen LogP contribution in [0.4, 0.5) is 4.79 Å². The van der Waals surface area contributed by atoms with Crippen LogP contribution in [0.15, 0.2) is 0 Å². The lowest BCUT2D eigenvalue weighted by atomic mass is 9.74. The van der Waals surface area contributed by atoms with Crippen LogP contribution in [-0.4, -0.2) is 46.8 Å². The van der Waals surface area contributed by atoms with E-state index in [-0.39, 0.29) is 6.54 Å². The van der Waals surface area contributed by atoms with Crippen molar-refractivity contribution in [1.29, 1.82) is 0 Å². The van der Waals surface area contributed by atoms with Gasteiger partial charge in [0.1, 0.15) is 11.0 Å². The van der Waals surface area contributed by atoms with Gasteiger partial charge in [-0.25, -0.2) is 4.79 Å². The number of likely N-dealkylation sites (tertiary alicyclic amines) is 1. The molecule has 110 valence electrons. The van der Waals surface area contributed by atoms with Crippen LogP contribution in [0.5, 0.6) is 0 Å². The Morgan fingerprint density at radius 1 is 1.47 bits per heavy atom. The van der Waals surface area contributed by atoms with Crippen LogP contribution >= 0.6 is 0 Å². The number of nitrogens with zero attached hydrogens (tertiary/aromatic N) is 1. The molecule has 0 aromatic heterocycles. The number of carboxylic acid groups (broad SMARTS) is 1. The maximum atomic E-state index is 12.0. The van der Waals surface area contributed by atoms with Gasteiger partial charge in [0.2, 0.25) is 0 Å². The van der Waals surface area contributed by atoms with Crippen LogP contribution < -0.4 is 5.73 Å². The van der Waals surface area contributed by atoms with E-state index >= 15 is 0 Å². The Morgan fingerprint density at radius 3 is 2.47 bits per heavy atom. The van der Waals surface area contributed by atoms with Gasteiger partial charge in [-0.05, 0) is 33.6 Å². The molecule has 3 N–H and O–H groups in total. The van der Waals surface area contributed by atoms with Crippen molar-refractivity contribution >= 4 is 12.1 Å². The van der Waals surface area contributed by atoms with Gasteiger partial charge in [-0.15, -0.1) is 0 Å². The molecule has 1 rings (SSSR count). The van der Waals surface area contributed by atoms with Crippen LogP contribution in [0.3, 0.4) is 0 Å². The summed E-state index contributed by atoms with van der Waals surface area (Å²) in [5.74, 6) is -0.948. The van der Waals surface area contributed by atoms with Gasteiger partial charge in [0.05, 0.1) is 0 Å². The normalized spacial score (nSPS) is 28.1. The molecule has 1 fully saturated rings. The zero-order valence-electron chi connectivity index (χ0n) is 12.1. The minimum atomic E-state index is -1.07. The second kappa shape index (κ2) is 5.36. The van der Waals surface area contributed by atoms with E-state index in [0.717, 1.165) is 0 Å². The van der Waals surface area contributed by atoms with E-state index in [1.54, 1.807) is 27.7 Å². The van der Waals surface area contributed by atoms with E-state index in [1.807, 2.05) is 0 Å². The van der Waals surface area contributed by atoms with Crippen molar-refractivity contribution in [1.82, 2.24) is 4.90 Å². The van der Waals surface area contributed by atoms with E-state index in [9.17, 15) is 14.7 Å². The molecule has 0 bridgehead atoms. The molecule has 19 heavy (non-hydrogen) atoms. The number of hydrogen-bond donors (Lipinski definition) is 2. The summed E-state index contributed by atoms with van der Waals surface area (Å²) in [6.45, 7) is 7.67. The van der Waals surface area contributed by atoms with E-state index < -0.39 is 29.1 Å². The Hall–Kier alpha value is -1.30. The molecule has 6 heteroatoms. The number of piperidine rings is 1. The summed E-state index contributed by atoms with van der Waals surface area (Å²) >= 11 is 0. The first-order chi connectivity index (χ1) is 8.62. The van der Waals surface area contributed by atoms with Crippen molar-refractivity contribution in [2.75, 3.05) is 13.1 Å². The zero-order valence-corrected chi connectivity index (χ0v) is 12.1. The number of ether oxygens (including phenoxy) is 1. The standard InChI is InChI=1S/C13H24N2O4/c1-5-13(10(16)17)8-15(7-6-9(13)14)11(18)19-12(2,3)4/h9H,5-8,14H2,1-4H3,(H,16,17)/t9-,13+/m1/s1. The van der Waals surface area contributed by atoms with Gasteiger partial charge >= 0.3 is 12.1 Å². The fraction of sp³-hybridized carbons (Fsp3) is 0.846. The van der Waals surface area contributed by atoms with Crippen LogP contribution in [0.1, 0.15) is 40.5 Å². The highest BCUT2D eigenvalue weighted by molar-refractivity contribution is 5.78. The number of carboxylic acids is 1. The van der Waals surface area contributed by atoms with Gasteiger partial charge in [-0.2, -0.15) is 0 Å². The SMILES string of the molecule is CC[C@]1(C(=O)O)CN(C(=O)OC(C)(C)C)CC[C@H]1N. The van der Waals surface area contributed by atoms with Crippen LogP contribution in [0.2, 0.25) is 0 Å². The van der Waals surface area contributed by atoms with Crippen molar-refractivity contribution in [2.45, 2.75) is 52.2 Å². The Balaban J connectivity index is 2.85. The largest absolute Gasteiger partial charge is 0.481 e. The number of amides is 1. The molecule has 0 aromatic rings. The summed E-state index contributed by atoms with van der Waals surface area (Å²) in [6, 6.07) is -0.436. The topological polar surface area (TPSA) is 92.9 Å². The van der Waals surface area contributed by atoms with Crippen molar-refractivity contribution in [2.24, 2.45) is 11.1 Å². The molecule has 1 heterocycles. The first kappa shape index (κ1) is 15.8. The van der Waals surface area contributed by atoms with Crippen LogP contribution in [0, 0.1) is 5.41 Å². The third-order valence-corrected chi connectivity index (χ3v) is 3.60. The molecule has 0 saturated carbocycles. The number of nitrogens with two attached hydrogens (primary N) is 1. The van der Waals surface area contributed by atoms with Gasteiger partial charge in [0.25, 0.3) is 0 Å². The Labute approximate surface area is 113 Å². The lowest BCUT2D eigenvalue weighted by Gasteiger charge is -2.43. The van der Waals surface area contributed by atoms with Gasteiger partial charge in [0.15, 0.2) is 0 Å². The highest BCUT2D eigenvalue weighted by Gasteiger charge is 2.48. The maximum absolute atomic E-state index is 12.0. The monoisotopic (exact) mass is 272 g/mol. The second-order valence-corrected chi connectivity index (χ2v) is 6.11. The average Bonchev–Trinajstić information content (AvgIpc) is 2.27. The van der Waals surface area contributed by atoms with Gasteiger partial charge < -0.3 is 20.5 Å². The molecule has 0 aliphatic carbocycles. The van der Waals surface area contributed by atoms with E-state index in [2.05, 4.69) is 0 Å². The Morgan fingerprint density at radius 2 is 2.05 bits per heavy atom. The summed E-state index contributed by atoms with van der Waals surface area (Å²) in [5.41, 5.74) is 4.29. The van der Waals surface area contributed by atoms with Crippen molar-refractivity contribution in [3.05, 3.63) is 0 Å². The van der Waals surface area contributed by atoms with Crippen LogP contribution in [-0.2, 0) is 9.53 Å². The van der Waals surface area contributed by atoms with E-state index in [0.29, 0.717) is 19.4 Å². The van der Waals surface area contributed by atoms with Gasteiger partial charge in [-0.1, -0.05) is 6.92 Å². The Kier molecular flexibility index (Phi) is 4.45. The predicted molar refractivity (Wildman–Crippen MR) is 70.8 cm³/mol. The first-order valence-corrected chi connectivity index (χ1v) is 6.59. The number of aliphatic carboxylic acids is 1. The second-order valence-electron chi connectivity index (χ2n) is 6.11. The number of carbonyl (C=O) groups excluding carboxylic acids is 1. The smallest absolute Gasteiger partial charge is 0.410 e. The maximum Gasteiger partial charge on any atom is 0.410 e. The molecule has 1 aliphatic heterocycles. The molecule has 1 saturated heterocycles. The van der Waals surface area contributed by atoms with E-state index in [1.165, 1.54) is 4.90 Å². The van der Waals surface area contributed by atoms with Gasteiger partial charge in [0, 0.05) is 19.1 Å². The first-order valence-electron chi connectivity index (χ1n) is 6.59.